The van der Waals surface area contributed by atoms with Crippen LogP contribution in [0.25, 0.3) is 0 Å². The molecule has 1 N–H and O–H groups in total. The maximum Gasteiger partial charge on any atom is 0.261 e. The zero-order valence-corrected chi connectivity index (χ0v) is 20.3. The molecule has 0 aliphatic heterocycles. The number of hydrogen-bond acceptors (Lipinski definition) is 4. The highest BCUT2D eigenvalue weighted by Crippen LogP contribution is 2.26. The molecule has 6 nitrogen and oxygen atoms in total. The lowest BCUT2D eigenvalue weighted by Gasteiger charge is -2.31. The van der Waals surface area contributed by atoms with Crippen molar-refractivity contribution in [1.82, 2.24) is 10.2 Å². The Morgan fingerprint density at radius 3 is 2.38 bits per heavy atom. The Morgan fingerprint density at radius 1 is 1.06 bits per heavy atom. The molecule has 0 bridgehead atoms. The minimum Gasteiger partial charge on any atom is -0.493 e. The van der Waals surface area contributed by atoms with Crippen LogP contribution < -0.4 is 14.8 Å². The van der Waals surface area contributed by atoms with Crippen molar-refractivity contribution in [3.05, 3.63) is 58.6 Å². The van der Waals surface area contributed by atoms with Gasteiger partial charge < -0.3 is 19.7 Å². The second kappa shape index (κ2) is 11.9. The summed E-state index contributed by atoms with van der Waals surface area (Å²) in [7, 11) is 1.56. The Labute approximate surface area is 198 Å². The molecule has 0 heterocycles. The molecule has 2 aromatic rings. The van der Waals surface area contributed by atoms with E-state index in [9.17, 15) is 9.59 Å². The van der Waals surface area contributed by atoms with E-state index in [1.807, 2.05) is 36.4 Å². The van der Waals surface area contributed by atoms with Gasteiger partial charge in [0.1, 0.15) is 6.04 Å². The summed E-state index contributed by atoms with van der Waals surface area (Å²) in [6, 6.07) is 14.5. The first-order valence-electron chi connectivity index (χ1n) is 11.1. The molecule has 1 aliphatic carbocycles. The Morgan fingerprint density at radius 2 is 1.72 bits per heavy atom. The molecule has 2 aromatic carbocycles. The number of rotatable bonds is 9. The molecule has 0 radical (unpaired) electrons. The number of ether oxygens (including phenoxy) is 2. The summed E-state index contributed by atoms with van der Waals surface area (Å²) < 4.78 is 12.0. The van der Waals surface area contributed by atoms with Crippen LogP contribution in [0, 0.1) is 0 Å². The number of carbonyl (C=O) groups excluding carboxylic acids is 2. The van der Waals surface area contributed by atoms with Gasteiger partial charge in [-0.25, -0.2) is 0 Å². The van der Waals surface area contributed by atoms with Gasteiger partial charge in [-0.15, -0.1) is 0 Å². The van der Waals surface area contributed by atoms with Gasteiger partial charge >= 0.3 is 0 Å². The Kier molecular flexibility index (Phi) is 8.97. The lowest BCUT2D eigenvalue weighted by Crippen LogP contribution is -2.51. The van der Waals surface area contributed by atoms with Gasteiger partial charge in [-0.2, -0.15) is 0 Å². The maximum atomic E-state index is 13.2. The molecule has 1 unspecified atom stereocenters. The molecule has 2 amide bonds. The summed E-state index contributed by atoms with van der Waals surface area (Å²) in [4.78, 5) is 27.8. The SMILES string of the molecule is COc1ccccc1OCC(=O)N(Cc1ccc(Br)cc1)C(C)C(=O)NC1CCCCC1. The minimum absolute atomic E-state index is 0.125. The van der Waals surface area contributed by atoms with E-state index in [1.54, 1.807) is 31.1 Å². The highest BCUT2D eigenvalue weighted by Gasteiger charge is 2.28. The molecular weight excluding hydrogens is 472 g/mol. The fourth-order valence-corrected chi connectivity index (χ4v) is 4.16. The zero-order valence-electron chi connectivity index (χ0n) is 18.7. The Balaban J connectivity index is 1.71. The number of nitrogens with one attached hydrogen (secondary N) is 1. The highest BCUT2D eigenvalue weighted by atomic mass is 79.9. The van der Waals surface area contributed by atoms with E-state index in [0.717, 1.165) is 35.7 Å². The average Bonchev–Trinajstić information content (AvgIpc) is 2.82. The van der Waals surface area contributed by atoms with Crippen LogP contribution in [-0.4, -0.2) is 42.5 Å². The molecule has 0 saturated heterocycles. The fraction of sp³-hybridized carbons (Fsp3) is 0.440. The van der Waals surface area contributed by atoms with Crippen LogP contribution >= 0.6 is 15.9 Å². The maximum absolute atomic E-state index is 13.2. The summed E-state index contributed by atoms with van der Waals surface area (Å²) in [6.07, 6.45) is 5.48. The van der Waals surface area contributed by atoms with Gasteiger partial charge in [0.05, 0.1) is 7.11 Å². The zero-order chi connectivity index (χ0) is 22.9. The molecular formula is C25H31BrN2O4. The van der Waals surface area contributed by atoms with Crippen molar-refractivity contribution in [1.29, 1.82) is 0 Å². The van der Waals surface area contributed by atoms with E-state index in [4.69, 9.17) is 9.47 Å². The lowest BCUT2D eigenvalue weighted by molar-refractivity contribution is -0.142. The topological polar surface area (TPSA) is 67.9 Å². The molecule has 1 aliphatic rings. The van der Waals surface area contributed by atoms with Crippen LogP contribution in [0.2, 0.25) is 0 Å². The van der Waals surface area contributed by atoms with Crippen molar-refractivity contribution >= 4 is 27.7 Å². The van der Waals surface area contributed by atoms with Crippen molar-refractivity contribution in [3.63, 3.8) is 0 Å². The van der Waals surface area contributed by atoms with Crippen molar-refractivity contribution in [2.45, 2.75) is 57.7 Å². The number of methoxy groups -OCH3 is 1. The molecule has 7 heteroatoms. The lowest BCUT2D eigenvalue weighted by atomic mass is 9.95. The van der Waals surface area contributed by atoms with Gasteiger partial charge in [-0.1, -0.05) is 59.5 Å². The van der Waals surface area contributed by atoms with Crippen molar-refractivity contribution < 1.29 is 19.1 Å². The molecule has 3 rings (SSSR count). The molecule has 32 heavy (non-hydrogen) atoms. The highest BCUT2D eigenvalue weighted by molar-refractivity contribution is 9.10. The summed E-state index contributed by atoms with van der Waals surface area (Å²) in [6.45, 7) is 1.91. The fourth-order valence-electron chi connectivity index (χ4n) is 3.90. The van der Waals surface area contributed by atoms with Crippen LogP contribution in [-0.2, 0) is 16.1 Å². The van der Waals surface area contributed by atoms with E-state index in [-0.39, 0.29) is 24.5 Å². The molecule has 0 aromatic heterocycles. The van der Waals surface area contributed by atoms with Crippen molar-refractivity contribution in [2.75, 3.05) is 13.7 Å². The molecule has 1 saturated carbocycles. The number of hydrogen-bond donors (Lipinski definition) is 1. The van der Waals surface area contributed by atoms with Gasteiger partial charge in [-0.05, 0) is 49.6 Å². The van der Waals surface area contributed by atoms with E-state index in [2.05, 4.69) is 21.2 Å². The average molecular weight is 503 g/mol. The number of nitrogens with zero attached hydrogens (tertiary/aromatic N) is 1. The first-order valence-corrected chi connectivity index (χ1v) is 11.9. The quantitative estimate of drug-likeness (QED) is 0.539. The number of benzene rings is 2. The van der Waals surface area contributed by atoms with E-state index in [0.29, 0.717) is 18.0 Å². The third-order valence-corrected chi connectivity index (χ3v) is 6.33. The minimum atomic E-state index is -0.616. The first kappa shape index (κ1) is 24.1. The van der Waals surface area contributed by atoms with E-state index < -0.39 is 6.04 Å². The predicted molar refractivity (Wildman–Crippen MR) is 128 cm³/mol. The molecule has 0 spiro atoms. The van der Waals surface area contributed by atoms with Crippen molar-refractivity contribution in [3.8, 4) is 11.5 Å². The molecule has 1 fully saturated rings. The normalized spacial score (nSPS) is 15.0. The predicted octanol–water partition coefficient (Wildman–Crippen LogP) is 4.70. The van der Waals surface area contributed by atoms with Crippen LogP contribution in [0.15, 0.2) is 53.0 Å². The number of carbonyl (C=O) groups is 2. The van der Waals surface area contributed by atoms with Gasteiger partial charge in [0.25, 0.3) is 5.91 Å². The third-order valence-electron chi connectivity index (χ3n) is 5.81. The first-order chi connectivity index (χ1) is 15.5. The largest absolute Gasteiger partial charge is 0.493 e. The molecule has 172 valence electrons. The van der Waals surface area contributed by atoms with Crippen LogP contribution in [0.5, 0.6) is 11.5 Å². The Bertz CT molecular complexity index is 897. The smallest absolute Gasteiger partial charge is 0.261 e. The summed E-state index contributed by atoms with van der Waals surface area (Å²) in [5.74, 6) is 0.666. The van der Waals surface area contributed by atoms with Crippen LogP contribution in [0.1, 0.15) is 44.6 Å². The number of para-hydroxylation sites is 2. The standard InChI is InChI=1S/C25H31BrN2O4/c1-18(25(30)27-21-8-4-3-5-9-21)28(16-19-12-14-20(26)15-13-19)24(29)17-32-23-11-7-6-10-22(23)31-2/h6-7,10-15,18,21H,3-5,8-9,16-17H2,1-2H3,(H,27,30). The molecule has 1 atom stereocenters. The number of halogens is 1. The van der Waals surface area contributed by atoms with Gasteiger partial charge in [0, 0.05) is 17.1 Å². The van der Waals surface area contributed by atoms with E-state index >= 15 is 0 Å². The van der Waals surface area contributed by atoms with Gasteiger partial charge in [-0.3, -0.25) is 9.59 Å². The second-order valence-corrected chi connectivity index (χ2v) is 9.02. The van der Waals surface area contributed by atoms with E-state index in [1.165, 1.54) is 6.42 Å². The van der Waals surface area contributed by atoms with Crippen LogP contribution in [0.3, 0.4) is 0 Å². The summed E-state index contributed by atoms with van der Waals surface area (Å²) >= 11 is 3.44. The summed E-state index contributed by atoms with van der Waals surface area (Å²) in [5.41, 5.74) is 0.941. The van der Waals surface area contributed by atoms with Gasteiger partial charge in [0.2, 0.25) is 5.91 Å². The summed E-state index contributed by atoms with van der Waals surface area (Å²) in [5, 5.41) is 3.14. The monoisotopic (exact) mass is 502 g/mol. The third kappa shape index (κ3) is 6.73. The van der Waals surface area contributed by atoms with Crippen molar-refractivity contribution in [2.24, 2.45) is 0 Å². The van der Waals surface area contributed by atoms with Crippen LogP contribution in [0.4, 0.5) is 0 Å². The Hall–Kier alpha value is -2.54. The van der Waals surface area contributed by atoms with Gasteiger partial charge in [0.15, 0.2) is 18.1 Å². The second-order valence-electron chi connectivity index (χ2n) is 8.11. The number of amides is 2.